The van der Waals surface area contributed by atoms with E-state index in [1.54, 1.807) is 0 Å². The summed E-state index contributed by atoms with van der Waals surface area (Å²) < 4.78 is 5.90. The van der Waals surface area contributed by atoms with Gasteiger partial charge in [-0.15, -0.1) is 0 Å². The molecule has 3 unspecified atom stereocenters. The number of unbranched alkanes of at least 4 members (excludes halogenated alkanes) is 1. The van der Waals surface area contributed by atoms with Gasteiger partial charge in [0, 0.05) is 50.2 Å². The minimum absolute atomic E-state index is 0.197. The number of ether oxygens (including phenoxy) is 1. The molecule has 2 N–H and O–H groups in total. The molecule has 1 saturated carbocycles. The highest BCUT2D eigenvalue weighted by Gasteiger charge is 2.59. The van der Waals surface area contributed by atoms with E-state index in [1.807, 2.05) is 7.05 Å². The number of likely N-dealkylation sites (tertiary alicyclic amines) is 1. The average molecular weight is 337 g/mol. The Hall–Kier alpha value is -0.810. The van der Waals surface area contributed by atoms with Crippen molar-refractivity contribution in [2.45, 2.75) is 71.1 Å². The zero-order chi connectivity index (χ0) is 17.2. The van der Waals surface area contributed by atoms with Gasteiger partial charge in [-0.1, -0.05) is 27.2 Å². The third kappa shape index (κ3) is 3.57. The monoisotopic (exact) mass is 336 g/mol. The summed E-state index contributed by atoms with van der Waals surface area (Å²) in [6.07, 6.45) is 6.65. The van der Waals surface area contributed by atoms with Crippen LogP contribution in [0.4, 0.5) is 0 Å². The van der Waals surface area contributed by atoms with E-state index < -0.39 is 0 Å². The van der Waals surface area contributed by atoms with Crippen LogP contribution < -0.4 is 10.6 Å². The van der Waals surface area contributed by atoms with Crippen molar-refractivity contribution in [1.82, 2.24) is 15.5 Å². The summed E-state index contributed by atoms with van der Waals surface area (Å²) in [5.41, 5.74) is 0.197. The molecule has 138 valence electrons. The largest absolute Gasteiger partial charge is 0.377 e. The molecule has 3 atom stereocenters. The van der Waals surface area contributed by atoms with Gasteiger partial charge in [0.25, 0.3) is 0 Å². The van der Waals surface area contributed by atoms with Gasteiger partial charge in [-0.2, -0.15) is 0 Å². The van der Waals surface area contributed by atoms with Gasteiger partial charge < -0.3 is 20.3 Å². The molecule has 24 heavy (non-hydrogen) atoms. The van der Waals surface area contributed by atoms with Crippen molar-refractivity contribution in [3.63, 3.8) is 0 Å². The van der Waals surface area contributed by atoms with E-state index in [9.17, 15) is 0 Å². The molecule has 1 aliphatic carbocycles. The Kier molecular flexibility index (Phi) is 5.70. The Morgan fingerprint density at radius 3 is 2.62 bits per heavy atom. The van der Waals surface area contributed by atoms with Crippen LogP contribution in [0, 0.1) is 11.3 Å². The smallest absolute Gasteiger partial charge is 0.191 e. The fourth-order valence-corrected chi connectivity index (χ4v) is 4.81. The maximum atomic E-state index is 5.90. The fraction of sp³-hybridized carbons (Fsp3) is 0.947. The van der Waals surface area contributed by atoms with Gasteiger partial charge in [0.1, 0.15) is 0 Å². The first-order valence-corrected chi connectivity index (χ1v) is 9.90. The van der Waals surface area contributed by atoms with Crippen LogP contribution in [0.15, 0.2) is 4.99 Å². The molecule has 0 aromatic carbocycles. The summed E-state index contributed by atoms with van der Waals surface area (Å²) in [6, 6.07) is 1.02. The van der Waals surface area contributed by atoms with Gasteiger partial charge >= 0.3 is 0 Å². The lowest BCUT2D eigenvalue weighted by Gasteiger charge is -2.55. The molecule has 3 aliphatic rings. The molecule has 0 aromatic heterocycles. The van der Waals surface area contributed by atoms with Crippen molar-refractivity contribution < 1.29 is 4.74 Å². The van der Waals surface area contributed by atoms with Crippen LogP contribution in [0.2, 0.25) is 0 Å². The fourth-order valence-electron chi connectivity index (χ4n) is 4.81. The van der Waals surface area contributed by atoms with E-state index in [0.717, 1.165) is 12.6 Å². The minimum atomic E-state index is 0.197. The maximum absolute atomic E-state index is 5.90. The summed E-state index contributed by atoms with van der Waals surface area (Å²) in [5.74, 6) is 1.62. The van der Waals surface area contributed by atoms with E-state index >= 15 is 0 Å². The van der Waals surface area contributed by atoms with Crippen molar-refractivity contribution >= 4 is 5.96 Å². The molecule has 0 radical (unpaired) electrons. The van der Waals surface area contributed by atoms with Crippen molar-refractivity contribution in [3.05, 3.63) is 0 Å². The second kappa shape index (κ2) is 7.61. The molecule has 3 rings (SSSR count). The zero-order valence-corrected chi connectivity index (χ0v) is 16.0. The molecule has 0 bridgehead atoms. The van der Waals surface area contributed by atoms with E-state index in [-0.39, 0.29) is 5.41 Å². The van der Waals surface area contributed by atoms with Crippen molar-refractivity contribution in [2.24, 2.45) is 16.3 Å². The summed E-state index contributed by atoms with van der Waals surface area (Å²) >= 11 is 0. The Morgan fingerprint density at radius 2 is 1.96 bits per heavy atom. The number of rotatable bonds is 5. The second-order valence-corrected chi connectivity index (χ2v) is 8.37. The Balaban J connectivity index is 1.46. The molecule has 5 nitrogen and oxygen atoms in total. The number of guanidine groups is 1. The zero-order valence-electron chi connectivity index (χ0n) is 16.0. The van der Waals surface area contributed by atoms with Crippen molar-refractivity contribution in [1.29, 1.82) is 0 Å². The number of piperidine rings is 1. The maximum Gasteiger partial charge on any atom is 0.191 e. The Labute approximate surface area is 147 Å². The minimum Gasteiger partial charge on any atom is -0.377 e. The van der Waals surface area contributed by atoms with Crippen LogP contribution in [0.3, 0.4) is 0 Å². The first kappa shape index (κ1) is 18.0. The molecule has 5 heteroatoms. The number of hydrogen-bond acceptors (Lipinski definition) is 3. The molecule has 0 spiro atoms. The number of fused-ring (bicyclic) bond motifs is 1. The van der Waals surface area contributed by atoms with Gasteiger partial charge in [0.15, 0.2) is 5.96 Å². The molecule has 2 heterocycles. The SMILES string of the molecule is CCCCN1CCC(NC(=NC)NC2C3CCOC3C2(C)C)CC1. The summed E-state index contributed by atoms with van der Waals surface area (Å²) in [7, 11) is 1.89. The highest BCUT2D eigenvalue weighted by molar-refractivity contribution is 5.80. The number of nitrogens with one attached hydrogen (secondary N) is 2. The molecular formula is C19H36N4O. The predicted molar refractivity (Wildman–Crippen MR) is 99.4 cm³/mol. The average Bonchev–Trinajstić information content (AvgIpc) is 3.04. The lowest BCUT2D eigenvalue weighted by Crippen LogP contribution is -2.68. The number of nitrogens with zero attached hydrogens (tertiary/aromatic N) is 2. The Morgan fingerprint density at radius 1 is 1.21 bits per heavy atom. The van der Waals surface area contributed by atoms with E-state index in [0.29, 0.717) is 24.1 Å². The first-order chi connectivity index (χ1) is 11.6. The van der Waals surface area contributed by atoms with Crippen LogP contribution in [0.25, 0.3) is 0 Å². The molecule has 0 aromatic rings. The topological polar surface area (TPSA) is 48.9 Å². The van der Waals surface area contributed by atoms with Crippen molar-refractivity contribution in [3.8, 4) is 0 Å². The van der Waals surface area contributed by atoms with Gasteiger partial charge in [0.2, 0.25) is 0 Å². The third-order valence-electron chi connectivity index (χ3n) is 6.37. The van der Waals surface area contributed by atoms with Crippen LogP contribution in [0.1, 0.15) is 52.9 Å². The number of aliphatic imine (C=N–C) groups is 1. The van der Waals surface area contributed by atoms with E-state index in [1.165, 1.54) is 51.7 Å². The molecule has 2 aliphatic heterocycles. The van der Waals surface area contributed by atoms with Crippen LogP contribution in [0.5, 0.6) is 0 Å². The standard InChI is InChI=1S/C19H36N4O/c1-5-6-10-23-11-7-14(8-12-23)21-18(20-4)22-16-15-9-13-24-17(15)19(16,2)3/h14-17H,5-13H2,1-4H3,(H2,20,21,22). The normalized spacial score (nSPS) is 33.8. The lowest BCUT2D eigenvalue weighted by molar-refractivity contribution is -0.106. The van der Waals surface area contributed by atoms with Gasteiger partial charge in [-0.3, -0.25) is 4.99 Å². The Bertz CT molecular complexity index is 443. The molecule has 2 saturated heterocycles. The van der Waals surface area contributed by atoms with E-state index in [2.05, 4.69) is 41.3 Å². The lowest BCUT2D eigenvalue weighted by atomic mass is 9.57. The van der Waals surface area contributed by atoms with Crippen LogP contribution >= 0.6 is 0 Å². The predicted octanol–water partition coefficient (Wildman–Crippen LogP) is 2.23. The summed E-state index contributed by atoms with van der Waals surface area (Å²) in [4.78, 5) is 7.10. The van der Waals surface area contributed by atoms with Crippen molar-refractivity contribution in [2.75, 3.05) is 33.3 Å². The van der Waals surface area contributed by atoms with Gasteiger partial charge in [-0.05, 0) is 32.2 Å². The summed E-state index contributed by atoms with van der Waals surface area (Å²) in [6.45, 7) is 11.5. The number of hydrogen-bond donors (Lipinski definition) is 2. The highest BCUT2D eigenvalue weighted by Crippen LogP contribution is 2.52. The van der Waals surface area contributed by atoms with Gasteiger partial charge in [0.05, 0.1) is 6.10 Å². The molecular weight excluding hydrogens is 300 g/mol. The second-order valence-electron chi connectivity index (χ2n) is 8.37. The van der Waals surface area contributed by atoms with Crippen LogP contribution in [-0.4, -0.2) is 62.3 Å². The molecule has 3 fully saturated rings. The highest BCUT2D eigenvalue weighted by atomic mass is 16.5. The molecule has 0 amide bonds. The van der Waals surface area contributed by atoms with E-state index in [4.69, 9.17) is 4.74 Å². The summed E-state index contributed by atoms with van der Waals surface area (Å²) in [5, 5.41) is 7.37. The quantitative estimate of drug-likeness (QED) is 0.597. The van der Waals surface area contributed by atoms with Gasteiger partial charge in [-0.25, -0.2) is 0 Å². The van der Waals surface area contributed by atoms with Crippen LogP contribution in [-0.2, 0) is 4.74 Å². The first-order valence-electron chi connectivity index (χ1n) is 9.90. The third-order valence-corrected chi connectivity index (χ3v) is 6.37.